The van der Waals surface area contributed by atoms with Crippen molar-refractivity contribution in [3.63, 3.8) is 0 Å². The first kappa shape index (κ1) is 12.7. The van der Waals surface area contributed by atoms with Crippen LogP contribution in [0.4, 0.5) is 0 Å². The van der Waals surface area contributed by atoms with E-state index in [1.54, 1.807) is 3.58 Å². The van der Waals surface area contributed by atoms with E-state index >= 15 is 0 Å². The Morgan fingerprint density at radius 2 is 1.24 bits per heavy atom. The summed E-state index contributed by atoms with van der Waals surface area (Å²) >= 11 is -2.23. The van der Waals surface area contributed by atoms with Crippen LogP contribution in [0.5, 0.6) is 0 Å². The second-order valence-electron chi connectivity index (χ2n) is 5.22. The minimum atomic E-state index is -2.23. The van der Waals surface area contributed by atoms with Gasteiger partial charge in [0.05, 0.1) is 0 Å². The zero-order valence-corrected chi connectivity index (χ0v) is 13.7. The van der Waals surface area contributed by atoms with Gasteiger partial charge >= 0.3 is 109 Å². The summed E-state index contributed by atoms with van der Waals surface area (Å²) in [6, 6.07) is 22.0. The number of rotatable bonds is 3. The normalized spacial score (nSPS) is 13.4. The summed E-state index contributed by atoms with van der Waals surface area (Å²) in [6.07, 6.45) is 0. The van der Waals surface area contributed by atoms with Crippen LogP contribution in [0.2, 0.25) is 9.88 Å². The Morgan fingerprint density at radius 1 is 0.765 bits per heavy atom. The summed E-state index contributed by atoms with van der Waals surface area (Å²) in [5, 5.41) is 0. The van der Waals surface area contributed by atoms with Crippen LogP contribution in [-0.4, -0.2) is 18.4 Å². The van der Waals surface area contributed by atoms with E-state index in [4.69, 9.17) is 0 Å². The molecule has 0 spiro atoms. The van der Waals surface area contributed by atoms with Crippen LogP contribution in [0.15, 0.2) is 60.7 Å². The van der Waals surface area contributed by atoms with E-state index in [1.165, 1.54) is 5.56 Å². The Labute approximate surface area is 109 Å². The standard InChI is InChI=1S/C8H9.C6H5.2CH3.Sn/c1-2-8-6-4-3-5-7-8;1-2-4-6-5-3-1;;;/h2-7H,1H3;1-5H;2*1H3;. The summed E-state index contributed by atoms with van der Waals surface area (Å²) in [6.45, 7) is 2.40. The fourth-order valence-corrected chi connectivity index (χ4v) is 9.63. The third-order valence-electron chi connectivity index (χ3n) is 3.90. The summed E-state index contributed by atoms with van der Waals surface area (Å²) in [5.41, 5.74) is 1.50. The molecule has 0 aliphatic rings. The molecule has 88 valence electrons. The number of hydrogen-bond acceptors (Lipinski definition) is 0. The van der Waals surface area contributed by atoms with E-state index in [9.17, 15) is 0 Å². The molecule has 2 rings (SSSR count). The Kier molecular flexibility index (Phi) is 3.93. The summed E-state index contributed by atoms with van der Waals surface area (Å²) in [5.74, 6) is 0. The first-order valence-electron chi connectivity index (χ1n) is 6.23. The number of benzene rings is 2. The van der Waals surface area contributed by atoms with Gasteiger partial charge in [0.15, 0.2) is 0 Å². The molecule has 0 nitrogen and oxygen atoms in total. The molecule has 0 heterocycles. The fraction of sp³-hybridized carbons (Fsp3) is 0.250. The molecule has 0 radical (unpaired) electrons. The first-order valence-corrected chi connectivity index (χ1v) is 15.0. The predicted molar refractivity (Wildman–Crippen MR) is 78.4 cm³/mol. The van der Waals surface area contributed by atoms with Gasteiger partial charge in [-0.15, -0.1) is 0 Å². The molecule has 0 aliphatic carbocycles. The molecular formula is C16H20Sn. The van der Waals surface area contributed by atoms with Gasteiger partial charge in [0, 0.05) is 0 Å². The van der Waals surface area contributed by atoms with Crippen LogP contribution < -0.4 is 3.58 Å². The van der Waals surface area contributed by atoms with E-state index in [-0.39, 0.29) is 0 Å². The van der Waals surface area contributed by atoms with E-state index in [0.717, 1.165) is 0 Å². The third-order valence-corrected chi connectivity index (χ3v) is 16.2. The molecule has 0 N–H and O–H groups in total. The summed E-state index contributed by atoms with van der Waals surface area (Å²) in [4.78, 5) is 5.06. The van der Waals surface area contributed by atoms with Crippen LogP contribution >= 0.6 is 0 Å². The van der Waals surface area contributed by atoms with Gasteiger partial charge in [-0.25, -0.2) is 0 Å². The Morgan fingerprint density at radius 3 is 1.76 bits per heavy atom. The predicted octanol–water partition coefficient (Wildman–Crippen LogP) is 3.94. The van der Waals surface area contributed by atoms with Crippen LogP contribution in [0.1, 0.15) is 16.4 Å². The van der Waals surface area contributed by atoms with Crippen LogP contribution in [0.25, 0.3) is 0 Å². The molecule has 1 atom stereocenters. The van der Waals surface area contributed by atoms with Crippen molar-refractivity contribution in [1.82, 2.24) is 0 Å². The number of hydrogen-bond donors (Lipinski definition) is 0. The van der Waals surface area contributed by atoms with Crippen molar-refractivity contribution in [2.75, 3.05) is 0 Å². The van der Waals surface area contributed by atoms with E-state index in [0.29, 0.717) is 3.93 Å². The molecule has 1 unspecified atom stereocenters. The van der Waals surface area contributed by atoms with Gasteiger partial charge in [0.25, 0.3) is 0 Å². The Bertz CT molecular complexity index is 459. The molecule has 0 saturated carbocycles. The van der Waals surface area contributed by atoms with E-state index in [1.807, 2.05) is 0 Å². The van der Waals surface area contributed by atoms with Crippen LogP contribution in [0.3, 0.4) is 0 Å². The Balaban J connectivity index is 2.33. The molecule has 0 bridgehead atoms. The second-order valence-corrected chi connectivity index (χ2v) is 19.2. The van der Waals surface area contributed by atoms with Gasteiger partial charge < -0.3 is 0 Å². The minimum absolute atomic E-state index is 0.716. The average molecular weight is 331 g/mol. The zero-order chi connectivity index (χ0) is 12.3. The summed E-state index contributed by atoms with van der Waals surface area (Å²) < 4.78 is 2.33. The van der Waals surface area contributed by atoms with Crippen molar-refractivity contribution in [2.24, 2.45) is 0 Å². The molecular weight excluding hydrogens is 311 g/mol. The van der Waals surface area contributed by atoms with Crippen molar-refractivity contribution in [3.8, 4) is 0 Å². The van der Waals surface area contributed by atoms with Crippen LogP contribution in [0, 0.1) is 0 Å². The molecule has 0 saturated heterocycles. The van der Waals surface area contributed by atoms with Crippen molar-refractivity contribution >= 4 is 22.0 Å². The average Bonchev–Trinajstić information content (AvgIpc) is 2.40. The molecule has 2 aromatic carbocycles. The molecule has 0 amide bonds. The van der Waals surface area contributed by atoms with Gasteiger partial charge in [0.1, 0.15) is 0 Å². The molecule has 0 aliphatic heterocycles. The van der Waals surface area contributed by atoms with E-state index in [2.05, 4.69) is 77.5 Å². The third kappa shape index (κ3) is 2.74. The van der Waals surface area contributed by atoms with Crippen LogP contribution in [-0.2, 0) is 0 Å². The molecule has 1 heteroatoms. The van der Waals surface area contributed by atoms with Gasteiger partial charge in [-0.1, -0.05) is 0 Å². The van der Waals surface area contributed by atoms with Crippen molar-refractivity contribution in [1.29, 1.82) is 0 Å². The maximum atomic E-state index is 2.53. The molecule has 2 aromatic rings. The fourth-order valence-electron chi connectivity index (χ4n) is 2.28. The van der Waals surface area contributed by atoms with Crippen molar-refractivity contribution in [3.05, 3.63) is 66.2 Å². The van der Waals surface area contributed by atoms with Crippen molar-refractivity contribution in [2.45, 2.75) is 20.7 Å². The van der Waals surface area contributed by atoms with E-state index < -0.39 is 18.4 Å². The zero-order valence-electron chi connectivity index (χ0n) is 10.9. The molecule has 0 aromatic heterocycles. The summed E-state index contributed by atoms with van der Waals surface area (Å²) in [7, 11) is 0. The van der Waals surface area contributed by atoms with Gasteiger partial charge in [0.2, 0.25) is 0 Å². The quantitative estimate of drug-likeness (QED) is 0.748. The monoisotopic (exact) mass is 332 g/mol. The first-order chi connectivity index (χ1) is 8.12. The Hall–Kier alpha value is -0.761. The second kappa shape index (κ2) is 5.26. The van der Waals surface area contributed by atoms with Gasteiger partial charge in [-0.05, 0) is 0 Å². The van der Waals surface area contributed by atoms with Gasteiger partial charge in [-0.2, -0.15) is 0 Å². The molecule has 17 heavy (non-hydrogen) atoms. The van der Waals surface area contributed by atoms with Gasteiger partial charge in [-0.3, -0.25) is 0 Å². The molecule has 0 fully saturated rings. The SMILES string of the molecule is C[CH](c1ccccc1)[Sn]([CH3])([CH3])[c]1ccccc1. The topological polar surface area (TPSA) is 0 Å². The maximum absolute atomic E-state index is 2.53. The van der Waals surface area contributed by atoms with Crippen molar-refractivity contribution < 1.29 is 0 Å².